The van der Waals surface area contributed by atoms with Gasteiger partial charge in [0.1, 0.15) is 0 Å². The second-order valence-corrected chi connectivity index (χ2v) is 6.20. The Hall–Kier alpha value is -2.18. The van der Waals surface area contributed by atoms with Gasteiger partial charge in [0.2, 0.25) is 0 Å². The largest absolute Gasteiger partial charge is 0.467 e. The van der Waals surface area contributed by atoms with Crippen molar-refractivity contribution in [3.05, 3.63) is 42.1 Å². The molecule has 1 aliphatic rings. The number of esters is 1. The number of ether oxygens (including phenoxy) is 2. The zero-order valence-corrected chi connectivity index (χ0v) is 14.3. The first-order chi connectivity index (χ1) is 11.6. The van der Waals surface area contributed by atoms with Gasteiger partial charge < -0.3 is 9.47 Å². The molecule has 0 N–H and O–H groups in total. The molecule has 0 bridgehead atoms. The van der Waals surface area contributed by atoms with Crippen molar-refractivity contribution in [2.75, 3.05) is 20.2 Å². The number of rotatable bonds is 4. The lowest BCUT2D eigenvalue weighted by atomic mass is 10.1. The highest BCUT2D eigenvalue weighted by atomic mass is 16.6. The molecule has 2 atom stereocenters. The van der Waals surface area contributed by atoms with Gasteiger partial charge in [-0.05, 0) is 6.92 Å². The Bertz CT molecular complexity index is 699. The van der Waals surface area contributed by atoms with Crippen LogP contribution in [0.2, 0.25) is 0 Å². The molecule has 2 aromatic rings. The third-order valence-corrected chi connectivity index (χ3v) is 4.15. The number of aryl methyl sites for hydroxylation is 1. The molecule has 0 amide bonds. The van der Waals surface area contributed by atoms with E-state index in [-0.39, 0.29) is 12.1 Å². The summed E-state index contributed by atoms with van der Waals surface area (Å²) in [4.78, 5) is 14.0. The number of nitrogens with zero attached hydrogens (tertiary/aromatic N) is 3. The summed E-state index contributed by atoms with van der Waals surface area (Å²) in [6.45, 7) is 4.00. The van der Waals surface area contributed by atoms with E-state index in [9.17, 15) is 4.79 Å². The molecule has 128 valence electrons. The fourth-order valence-electron chi connectivity index (χ4n) is 3.16. The van der Waals surface area contributed by atoms with Crippen LogP contribution >= 0.6 is 0 Å². The quantitative estimate of drug-likeness (QED) is 0.801. The van der Waals surface area contributed by atoms with Crippen LogP contribution < -0.4 is 0 Å². The van der Waals surface area contributed by atoms with Gasteiger partial charge in [0.05, 0.1) is 18.9 Å². The molecule has 0 radical (unpaired) electrons. The normalized spacial score (nSPS) is 21.6. The summed E-state index contributed by atoms with van der Waals surface area (Å²) in [5, 5.41) is 4.60. The molecule has 24 heavy (non-hydrogen) atoms. The number of methoxy groups -OCH3 is 1. The molecule has 1 aromatic heterocycles. The topological polar surface area (TPSA) is 56.6 Å². The molecule has 1 aromatic carbocycles. The van der Waals surface area contributed by atoms with Gasteiger partial charge >= 0.3 is 5.97 Å². The molecular formula is C18H23N3O3. The maximum atomic E-state index is 11.8. The predicted octanol–water partition coefficient (Wildman–Crippen LogP) is 1.85. The van der Waals surface area contributed by atoms with E-state index in [1.165, 1.54) is 7.11 Å². The number of hydrogen-bond acceptors (Lipinski definition) is 5. The standard InChI is InChI=1S/C18H23N3O3/c1-13-9-21(12-16(24-13)18(22)23-3)11-15-10-20(2)19-17(15)14-7-5-4-6-8-14/h4-8,10,13,16H,9,11-12H2,1-3H3/t13-,16+/m1/s1. The molecule has 2 heterocycles. The molecule has 0 saturated carbocycles. The van der Waals surface area contributed by atoms with Crippen molar-refractivity contribution in [3.8, 4) is 11.3 Å². The number of carbonyl (C=O) groups is 1. The molecule has 1 aliphatic heterocycles. The van der Waals surface area contributed by atoms with Gasteiger partial charge in [0.25, 0.3) is 0 Å². The Morgan fingerprint density at radius 1 is 1.33 bits per heavy atom. The van der Waals surface area contributed by atoms with Gasteiger partial charge in [-0.3, -0.25) is 9.58 Å². The van der Waals surface area contributed by atoms with E-state index in [4.69, 9.17) is 9.47 Å². The van der Waals surface area contributed by atoms with Crippen LogP contribution in [0.5, 0.6) is 0 Å². The van der Waals surface area contributed by atoms with Crippen molar-refractivity contribution in [3.63, 3.8) is 0 Å². The van der Waals surface area contributed by atoms with E-state index >= 15 is 0 Å². The number of aromatic nitrogens is 2. The number of carbonyl (C=O) groups excluding carboxylic acids is 1. The minimum absolute atomic E-state index is 0.0142. The zero-order chi connectivity index (χ0) is 17.1. The molecular weight excluding hydrogens is 306 g/mol. The smallest absolute Gasteiger partial charge is 0.336 e. The molecule has 0 unspecified atom stereocenters. The van der Waals surface area contributed by atoms with Crippen molar-refractivity contribution < 1.29 is 14.3 Å². The van der Waals surface area contributed by atoms with Crippen LogP contribution in [0, 0.1) is 0 Å². The lowest BCUT2D eigenvalue weighted by Crippen LogP contribution is -2.49. The molecule has 0 aliphatic carbocycles. The highest BCUT2D eigenvalue weighted by molar-refractivity contribution is 5.75. The third kappa shape index (κ3) is 3.66. The lowest BCUT2D eigenvalue weighted by molar-refractivity contribution is -0.166. The van der Waals surface area contributed by atoms with E-state index < -0.39 is 6.10 Å². The van der Waals surface area contributed by atoms with Crippen LogP contribution in [0.3, 0.4) is 0 Å². The van der Waals surface area contributed by atoms with E-state index in [2.05, 4.69) is 22.1 Å². The highest BCUT2D eigenvalue weighted by Gasteiger charge is 2.31. The predicted molar refractivity (Wildman–Crippen MR) is 90.3 cm³/mol. The summed E-state index contributed by atoms with van der Waals surface area (Å²) in [6, 6.07) is 10.1. The van der Waals surface area contributed by atoms with Crippen molar-refractivity contribution in [2.24, 2.45) is 7.05 Å². The van der Waals surface area contributed by atoms with Crippen LogP contribution in [0.15, 0.2) is 36.5 Å². The van der Waals surface area contributed by atoms with Crippen molar-refractivity contribution in [1.82, 2.24) is 14.7 Å². The summed E-state index contributed by atoms with van der Waals surface area (Å²) in [6.07, 6.45) is 1.49. The average molecular weight is 329 g/mol. The van der Waals surface area contributed by atoms with Gasteiger partial charge in [-0.1, -0.05) is 30.3 Å². The first-order valence-electron chi connectivity index (χ1n) is 8.10. The minimum atomic E-state index is -0.532. The fourth-order valence-corrected chi connectivity index (χ4v) is 3.16. The van der Waals surface area contributed by atoms with E-state index in [1.807, 2.05) is 43.0 Å². The fraction of sp³-hybridized carbons (Fsp3) is 0.444. The summed E-state index contributed by atoms with van der Waals surface area (Å²) >= 11 is 0. The third-order valence-electron chi connectivity index (χ3n) is 4.15. The molecule has 3 rings (SSSR count). The SMILES string of the molecule is COC(=O)[C@@H]1CN(Cc2cn(C)nc2-c2ccccc2)C[C@@H](C)O1. The Morgan fingerprint density at radius 2 is 2.08 bits per heavy atom. The van der Waals surface area contributed by atoms with E-state index in [0.717, 1.165) is 29.9 Å². The van der Waals surface area contributed by atoms with E-state index in [0.29, 0.717) is 6.54 Å². The van der Waals surface area contributed by atoms with Crippen molar-refractivity contribution in [2.45, 2.75) is 25.7 Å². The first-order valence-corrected chi connectivity index (χ1v) is 8.10. The van der Waals surface area contributed by atoms with Crippen LogP contribution in [-0.4, -0.2) is 53.1 Å². The van der Waals surface area contributed by atoms with E-state index in [1.54, 1.807) is 0 Å². The zero-order valence-electron chi connectivity index (χ0n) is 14.3. The number of hydrogen-bond donors (Lipinski definition) is 0. The summed E-state index contributed by atoms with van der Waals surface area (Å²) in [5.74, 6) is -0.319. The molecule has 0 spiro atoms. The Kier molecular flexibility index (Phi) is 4.97. The Balaban J connectivity index is 1.80. The molecule has 6 heteroatoms. The van der Waals surface area contributed by atoms with Crippen molar-refractivity contribution in [1.29, 1.82) is 0 Å². The number of benzene rings is 1. The second-order valence-electron chi connectivity index (χ2n) is 6.20. The minimum Gasteiger partial charge on any atom is -0.467 e. The maximum Gasteiger partial charge on any atom is 0.336 e. The maximum absolute atomic E-state index is 11.8. The summed E-state index contributed by atoms with van der Waals surface area (Å²) in [5.41, 5.74) is 3.22. The van der Waals surface area contributed by atoms with Gasteiger partial charge in [-0.15, -0.1) is 0 Å². The summed E-state index contributed by atoms with van der Waals surface area (Å²) in [7, 11) is 3.32. The molecule has 1 fully saturated rings. The van der Waals surface area contributed by atoms with Gasteiger partial charge in [0.15, 0.2) is 6.10 Å². The Labute approximate surface area is 142 Å². The Morgan fingerprint density at radius 3 is 2.79 bits per heavy atom. The van der Waals surface area contributed by atoms with Crippen molar-refractivity contribution >= 4 is 5.97 Å². The summed E-state index contributed by atoms with van der Waals surface area (Å²) < 4.78 is 12.3. The van der Waals surface area contributed by atoms with Gasteiger partial charge in [0, 0.05) is 44.0 Å². The second kappa shape index (κ2) is 7.15. The lowest BCUT2D eigenvalue weighted by Gasteiger charge is -2.35. The first kappa shape index (κ1) is 16.7. The molecule has 6 nitrogen and oxygen atoms in total. The van der Waals surface area contributed by atoms with Crippen LogP contribution in [0.1, 0.15) is 12.5 Å². The highest BCUT2D eigenvalue weighted by Crippen LogP contribution is 2.24. The van der Waals surface area contributed by atoms with Crippen LogP contribution in [0.25, 0.3) is 11.3 Å². The van der Waals surface area contributed by atoms with Gasteiger partial charge in [-0.25, -0.2) is 4.79 Å². The number of morpholine rings is 1. The van der Waals surface area contributed by atoms with Crippen LogP contribution in [-0.2, 0) is 27.9 Å². The van der Waals surface area contributed by atoms with Crippen LogP contribution in [0.4, 0.5) is 0 Å². The molecule has 1 saturated heterocycles. The van der Waals surface area contributed by atoms with Gasteiger partial charge in [-0.2, -0.15) is 5.10 Å². The monoisotopic (exact) mass is 329 g/mol. The average Bonchev–Trinajstić information content (AvgIpc) is 2.94.